The zero-order valence-corrected chi connectivity index (χ0v) is 8.63. The number of carbonyl (C=O) groups is 2. The lowest BCUT2D eigenvalue weighted by Crippen LogP contribution is -2.45. The van der Waals surface area contributed by atoms with Crippen LogP contribution in [0.25, 0.3) is 0 Å². The van der Waals surface area contributed by atoms with Gasteiger partial charge in [0.15, 0.2) is 6.10 Å². The third-order valence-corrected chi connectivity index (χ3v) is 2.37. The van der Waals surface area contributed by atoms with E-state index in [4.69, 9.17) is 20.1 Å². The average Bonchev–Trinajstić information content (AvgIpc) is 2.74. The summed E-state index contributed by atoms with van der Waals surface area (Å²) in [5.74, 6) is -1.59. The van der Waals surface area contributed by atoms with Crippen LogP contribution in [0.4, 0.5) is 0 Å². The molecule has 7 heteroatoms. The van der Waals surface area contributed by atoms with Crippen molar-refractivity contribution in [2.24, 2.45) is 0 Å². The first-order valence-corrected chi connectivity index (χ1v) is 4.98. The molecule has 1 fully saturated rings. The van der Waals surface area contributed by atoms with Gasteiger partial charge in [0, 0.05) is 0 Å². The number of nitrogens with one attached hydrogen (secondary N) is 1. The Hall–Kier alpha value is -1.18. The number of aliphatic hydroxyl groups excluding tert-OH is 2. The fraction of sp³-hybridized carbons (Fsp3) is 0.778. The van der Waals surface area contributed by atoms with E-state index in [2.05, 4.69) is 5.32 Å². The predicted molar refractivity (Wildman–Crippen MR) is 51.6 cm³/mol. The summed E-state index contributed by atoms with van der Waals surface area (Å²) in [6.07, 6.45) is -1.15. The summed E-state index contributed by atoms with van der Waals surface area (Å²) in [6.45, 7) is -0.755. The fourth-order valence-corrected chi connectivity index (χ4v) is 1.45. The average molecular weight is 233 g/mol. The number of aliphatic carboxylic acids is 1. The number of hydrogen-bond donors (Lipinski definition) is 4. The molecule has 0 radical (unpaired) electrons. The number of rotatable bonds is 5. The highest BCUT2D eigenvalue weighted by atomic mass is 16.5. The van der Waals surface area contributed by atoms with Crippen molar-refractivity contribution in [1.29, 1.82) is 0 Å². The number of carboxylic acid groups (broad SMARTS) is 1. The van der Waals surface area contributed by atoms with Gasteiger partial charge in [-0.2, -0.15) is 0 Å². The molecular weight excluding hydrogens is 218 g/mol. The molecule has 2 atom stereocenters. The van der Waals surface area contributed by atoms with Crippen molar-refractivity contribution in [2.75, 3.05) is 13.2 Å². The Kier molecular flexibility index (Phi) is 4.66. The first-order valence-electron chi connectivity index (χ1n) is 4.98. The summed E-state index contributed by atoms with van der Waals surface area (Å²) >= 11 is 0. The first-order chi connectivity index (χ1) is 7.58. The molecule has 1 rings (SSSR count). The van der Waals surface area contributed by atoms with Crippen LogP contribution in [0.1, 0.15) is 12.8 Å². The van der Waals surface area contributed by atoms with Crippen molar-refractivity contribution in [1.82, 2.24) is 5.32 Å². The predicted octanol–water partition coefficient (Wildman–Crippen LogP) is -1.91. The van der Waals surface area contributed by atoms with Crippen LogP contribution in [-0.2, 0) is 14.3 Å². The molecule has 4 N–H and O–H groups in total. The minimum atomic E-state index is -1.09. The Morgan fingerprint density at radius 1 is 1.25 bits per heavy atom. The number of amides is 1. The lowest BCUT2D eigenvalue weighted by Gasteiger charge is -2.16. The Morgan fingerprint density at radius 2 is 1.81 bits per heavy atom. The summed E-state index contributed by atoms with van der Waals surface area (Å²) in [5.41, 5.74) is 0. The molecule has 92 valence electrons. The second-order valence-corrected chi connectivity index (χ2v) is 3.60. The van der Waals surface area contributed by atoms with E-state index < -0.39 is 30.1 Å². The zero-order chi connectivity index (χ0) is 12.1. The topological polar surface area (TPSA) is 116 Å². The van der Waals surface area contributed by atoms with E-state index in [1.54, 1.807) is 0 Å². The van der Waals surface area contributed by atoms with Gasteiger partial charge in [0.1, 0.15) is 6.10 Å². The van der Waals surface area contributed by atoms with E-state index in [9.17, 15) is 9.59 Å². The normalized spacial score (nSPS) is 24.7. The molecule has 0 bridgehead atoms. The number of hydrogen-bond acceptors (Lipinski definition) is 5. The molecule has 1 amide bonds. The lowest BCUT2D eigenvalue weighted by atomic mass is 10.2. The smallest absolute Gasteiger partial charge is 0.332 e. The standard InChI is InChI=1S/C9H15NO6/c11-3-5(4-12)10-8(13)6-1-2-7(16-6)9(14)15/h5-7,11-12H,1-4H2,(H,10,13)(H,14,15)/t6-,7+/m0/s1. The van der Waals surface area contributed by atoms with Crippen LogP contribution in [0.15, 0.2) is 0 Å². The monoisotopic (exact) mass is 233 g/mol. The maximum absolute atomic E-state index is 11.5. The van der Waals surface area contributed by atoms with Gasteiger partial charge in [-0.3, -0.25) is 4.79 Å². The van der Waals surface area contributed by atoms with Gasteiger partial charge < -0.3 is 25.4 Å². The molecule has 1 saturated heterocycles. The zero-order valence-electron chi connectivity index (χ0n) is 8.63. The van der Waals surface area contributed by atoms with Crippen LogP contribution >= 0.6 is 0 Å². The largest absolute Gasteiger partial charge is 0.479 e. The molecule has 0 aromatic heterocycles. The van der Waals surface area contributed by atoms with Crippen LogP contribution in [0, 0.1) is 0 Å². The SMILES string of the molecule is O=C(NC(CO)CO)[C@@H]1CC[C@H](C(=O)O)O1. The third-order valence-electron chi connectivity index (χ3n) is 2.37. The highest BCUT2D eigenvalue weighted by Gasteiger charge is 2.35. The quantitative estimate of drug-likeness (QED) is 0.440. The van der Waals surface area contributed by atoms with Gasteiger partial charge in [-0.1, -0.05) is 0 Å². The molecular formula is C9H15NO6. The molecule has 0 spiro atoms. The Balaban J connectivity index is 2.41. The van der Waals surface area contributed by atoms with Crippen molar-refractivity contribution in [3.05, 3.63) is 0 Å². The van der Waals surface area contributed by atoms with Gasteiger partial charge in [0.2, 0.25) is 5.91 Å². The highest BCUT2D eigenvalue weighted by molar-refractivity contribution is 5.82. The van der Waals surface area contributed by atoms with Crippen LogP contribution < -0.4 is 5.32 Å². The van der Waals surface area contributed by atoms with E-state index in [0.717, 1.165) is 0 Å². The number of carbonyl (C=O) groups excluding carboxylic acids is 1. The summed E-state index contributed by atoms with van der Waals surface area (Å²) in [6, 6.07) is -0.736. The summed E-state index contributed by atoms with van der Waals surface area (Å²) in [7, 11) is 0. The van der Waals surface area contributed by atoms with E-state index in [1.165, 1.54) is 0 Å². The minimum Gasteiger partial charge on any atom is -0.479 e. The van der Waals surface area contributed by atoms with Crippen LogP contribution in [0.5, 0.6) is 0 Å². The molecule has 1 aliphatic heterocycles. The molecule has 0 aromatic carbocycles. The van der Waals surface area contributed by atoms with Gasteiger partial charge >= 0.3 is 5.97 Å². The molecule has 7 nitrogen and oxygen atoms in total. The van der Waals surface area contributed by atoms with Gasteiger partial charge in [-0.25, -0.2) is 4.79 Å². The minimum absolute atomic E-state index is 0.288. The van der Waals surface area contributed by atoms with Gasteiger partial charge in [-0.15, -0.1) is 0 Å². The van der Waals surface area contributed by atoms with Gasteiger partial charge in [-0.05, 0) is 12.8 Å². The summed E-state index contributed by atoms with van der Waals surface area (Å²) < 4.78 is 5.00. The number of aliphatic hydroxyl groups is 2. The number of ether oxygens (including phenoxy) is 1. The number of carboxylic acids is 1. The van der Waals surface area contributed by atoms with Crippen molar-refractivity contribution in [3.8, 4) is 0 Å². The Bertz CT molecular complexity index is 265. The summed E-state index contributed by atoms with van der Waals surface area (Å²) in [4.78, 5) is 22.1. The maximum atomic E-state index is 11.5. The second-order valence-electron chi connectivity index (χ2n) is 3.60. The van der Waals surface area contributed by atoms with Gasteiger partial charge in [0.25, 0.3) is 0 Å². The van der Waals surface area contributed by atoms with E-state index >= 15 is 0 Å². The fourth-order valence-electron chi connectivity index (χ4n) is 1.45. The lowest BCUT2D eigenvalue weighted by molar-refractivity contribution is -0.152. The highest BCUT2D eigenvalue weighted by Crippen LogP contribution is 2.19. The van der Waals surface area contributed by atoms with Gasteiger partial charge in [0.05, 0.1) is 19.3 Å². The second kappa shape index (κ2) is 5.78. The summed E-state index contributed by atoms with van der Waals surface area (Å²) in [5, 5.41) is 28.5. The molecule has 16 heavy (non-hydrogen) atoms. The molecule has 0 unspecified atom stereocenters. The molecule has 1 aliphatic rings. The Labute approximate surface area is 92.0 Å². The molecule has 0 aliphatic carbocycles. The van der Waals surface area contributed by atoms with Crippen LogP contribution in [0.3, 0.4) is 0 Å². The maximum Gasteiger partial charge on any atom is 0.332 e. The van der Waals surface area contributed by atoms with Crippen molar-refractivity contribution >= 4 is 11.9 Å². The van der Waals surface area contributed by atoms with Crippen molar-refractivity contribution < 1.29 is 29.6 Å². The van der Waals surface area contributed by atoms with Crippen molar-refractivity contribution in [3.63, 3.8) is 0 Å². The van der Waals surface area contributed by atoms with Crippen molar-refractivity contribution in [2.45, 2.75) is 31.1 Å². The molecule has 0 aromatic rings. The molecule has 1 heterocycles. The molecule has 0 saturated carbocycles. The van der Waals surface area contributed by atoms with Crippen LogP contribution in [-0.4, -0.2) is 58.7 Å². The van der Waals surface area contributed by atoms with E-state index in [0.29, 0.717) is 6.42 Å². The third kappa shape index (κ3) is 3.16. The first kappa shape index (κ1) is 12.9. The van der Waals surface area contributed by atoms with Crippen LogP contribution in [0.2, 0.25) is 0 Å². The van der Waals surface area contributed by atoms with E-state index in [-0.39, 0.29) is 19.6 Å². The van der Waals surface area contributed by atoms with E-state index in [1.807, 2.05) is 0 Å². The Morgan fingerprint density at radius 3 is 2.25 bits per heavy atom.